The molecule has 1 aliphatic carbocycles. The quantitative estimate of drug-likeness (QED) is 0.164. The van der Waals surface area contributed by atoms with Gasteiger partial charge in [-0.1, -0.05) is 84.0 Å². The van der Waals surface area contributed by atoms with E-state index in [1.165, 1.54) is 82.5 Å². The van der Waals surface area contributed by atoms with Crippen LogP contribution in [-0.4, -0.2) is 6.71 Å². The van der Waals surface area contributed by atoms with Crippen LogP contribution in [0.25, 0.3) is 32.0 Å². The summed E-state index contributed by atoms with van der Waals surface area (Å²) in [7, 11) is 0. The number of thiophene rings is 1. The maximum Gasteiger partial charge on any atom is 0.269 e. The highest BCUT2D eigenvalue weighted by Crippen LogP contribution is 2.49. The number of aryl methyl sites for hydroxylation is 3. The number of benzene rings is 5. The van der Waals surface area contributed by atoms with E-state index in [1.54, 1.807) is 0 Å². The van der Waals surface area contributed by atoms with Crippen molar-refractivity contribution in [3.05, 3.63) is 107 Å². The van der Waals surface area contributed by atoms with Gasteiger partial charge in [-0.25, -0.2) is 0 Å². The fourth-order valence-corrected chi connectivity index (χ4v) is 9.93. The molecule has 0 bridgehead atoms. The van der Waals surface area contributed by atoms with Crippen molar-refractivity contribution in [3.8, 4) is 11.5 Å². The largest absolute Gasteiger partial charge is 0.454 e. The average Bonchev–Trinajstić information content (AvgIpc) is 3.79. The minimum atomic E-state index is 0.0354. The van der Waals surface area contributed by atoms with Gasteiger partial charge in [0.25, 0.3) is 6.71 Å². The van der Waals surface area contributed by atoms with Crippen LogP contribution in [0.1, 0.15) is 75.8 Å². The third-order valence-corrected chi connectivity index (χ3v) is 12.4. The molecule has 5 aromatic carbocycles. The van der Waals surface area contributed by atoms with Crippen LogP contribution >= 0.6 is 11.3 Å². The van der Waals surface area contributed by atoms with E-state index >= 15 is 0 Å². The molecule has 3 aliphatic rings. The zero-order chi connectivity index (χ0) is 33.6. The number of hydrogen-bond donors (Lipinski definition) is 0. The van der Waals surface area contributed by atoms with Crippen LogP contribution in [0.5, 0.6) is 11.5 Å². The molecule has 0 saturated heterocycles. The van der Waals surface area contributed by atoms with Gasteiger partial charge in [-0.3, -0.25) is 0 Å². The summed E-state index contributed by atoms with van der Waals surface area (Å²) in [6.07, 6.45) is 3.41. The Morgan fingerprint density at radius 3 is 2.24 bits per heavy atom. The lowest BCUT2D eigenvalue weighted by molar-refractivity contribution is 0.480. The van der Waals surface area contributed by atoms with Gasteiger partial charge >= 0.3 is 0 Å². The molecule has 0 amide bonds. The van der Waals surface area contributed by atoms with Crippen LogP contribution < -0.4 is 25.3 Å². The van der Waals surface area contributed by atoms with Gasteiger partial charge in [0.1, 0.15) is 11.3 Å². The average molecular weight is 658 g/mol. The first-order valence-electron chi connectivity index (χ1n) is 17.8. The monoisotopic (exact) mass is 657 g/mol. The van der Waals surface area contributed by atoms with E-state index in [1.807, 2.05) is 11.3 Å². The second kappa shape index (κ2) is 9.82. The molecule has 0 spiro atoms. The Morgan fingerprint density at radius 1 is 0.735 bits per heavy atom. The summed E-state index contributed by atoms with van der Waals surface area (Å²) < 4.78 is 16.6. The normalized spacial score (nSPS) is 15.1. The number of ether oxygens (including phenoxy) is 1. The lowest BCUT2D eigenvalue weighted by atomic mass is 9.37. The summed E-state index contributed by atoms with van der Waals surface area (Å²) in [5.74, 6) is 1.80. The molecule has 0 unspecified atom stereocenters. The third-order valence-electron chi connectivity index (χ3n) is 11.2. The molecule has 10 rings (SSSR count). The van der Waals surface area contributed by atoms with Crippen molar-refractivity contribution >= 4 is 82.8 Å². The van der Waals surface area contributed by atoms with E-state index in [9.17, 15) is 0 Å². The molecule has 0 atom stereocenters. The van der Waals surface area contributed by atoms with Gasteiger partial charge in [0, 0.05) is 37.0 Å². The first-order chi connectivity index (χ1) is 23.5. The van der Waals surface area contributed by atoms with Gasteiger partial charge in [0.2, 0.25) is 0 Å². The van der Waals surface area contributed by atoms with Gasteiger partial charge in [0.05, 0.1) is 5.69 Å². The fourth-order valence-electron chi connectivity index (χ4n) is 8.63. The number of nitrogens with zero attached hydrogens (tertiary/aromatic N) is 1. The predicted octanol–water partition coefficient (Wildman–Crippen LogP) is 10.6. The van der Waals surface area contributed by atoms with Crippen LogP contribution in [0.4, 0.5) is 17.1 Å². The molecule has 0 radical (unpaired) electrons. The van der Waals surface area contributed by atoms with Crippen LogP contribution in [0.15, 0.2) is 83.3 Å². The zero-order valence-electron chi connectivity index (χ0n) is 29.4. The van der Waals surface area contributed by atoms with Crippen LogP contribution in [0, 0.1) is 6.92 Å². The van der Waals surface area contributed by atoms with Crippen molar-refractivity contribution in [1.82, 2.24) is 0 Å². The molecule has 5 heteroatoms. The van der Waals surface area contributed by atoms with Gasteiger partial charge in [-0.2, -0.15) is 0 Å². The Morgan fingerprint density at radius 2 is 1.47 bits per heavy atom. The van der Waals surface area contributed by atoms with E-state index < -0.39 is 0 Å². The number of hydrogen-bond acceptors (Lipinski definition) is 4. The Labute approximate surface area is 292 Å². The minimum absolute atomic E-state index is 0.0354. The van der Waals surface area contributed by atoms with Gasteiger partial charge in [-0.15, -0.1) is 11.3 Å². The van der Waals surface area contributed by atoms with Crippen molar-refractivity contribution in [2.45, 2.75) is 78.6 Å². The molecule has 0 fully saturated rings. The van der Waals surface area contributed by atoms with E-state index in [2.05, 4.69) is 132 Å². The molecule has 4 heterocycles. The lowest BCUT2D eigenvalue weighted by Crippen LogP contribution is -2.58. The van der Waals surface area contributed by atoms with E-state index in [0.29, 0.717) is 0 Å². The summed E-state index contributed by atoms with van der Waals surface area (Å²) in [4.78, 5) is 2.52. The van der Waals surface area contributed by atoms with E-state index in [4.69, 9.17) is 9.15 Å². The topological polar surface area (TPSA) is 25.6 Å². The summed E-state index contributed by atoms with van der Waals surface area (Å²) in [5.41, 5.74) is 14.8. The third kappa shape index (κ3) is 4.15. The summed E-state index contributed by atoms with van der Waals surface area (Å²) >= 11 is 1.93. The van der Waals surface area contributed by atoms with Crippen molar-refractivity contribution in [2.24, 2.45) is 0 Å². The summed E-state index contributed by atoms with van der Waals surface area (Å²) in [5, 5.41) is 3.65. The Bertz CT molecular complexity index is 2540. The molecule has 7 aromatic rings. The molecule has 2 aromatic heterocycles. The highest BCUT2D eigenvalue weighted by molar-refractivity contribution is 7.33. The molecule has 242 valence electrons. The van der Waals surface area contributed by atoms with Gasteiger partial charge in [0.15, 0.2) is 11.3 Å². The maximum atomic E-state index is 7.05. The maximum absolute atomic E-state index is 7.05. The van der Waals surface area contributed by atoms with Gasteiger partial charge in [-0.05, 0) is 112 Å². The highest BCUT2D eigenvalue weighted by Gasteiger charge is 2.45. The predicted molar refractivity (Wildman–Crippen MR) is 209 cm³/mol. The SMILES string of the molecule is Cc1cc2c3c(c1)N(c1ccc(C(C)(C)C)cc1)c1c(sc4ccc(C(C)(C)C)cc14)B3c1ccc3c(oc4c5c(ccc43)CCC5)c1O2. The fraction of sp³-hybridized carbons (Fsp3) is 0.273. The van der Waals surface area contributed by atoms with Crippen LogP contribution in [0.2, 0.25) is 0 Å². The molecule has 49 heavy (non-hydrogen) atoms. The molecule has 2 aliphatic heterocycles. The standard InChI is InChI=1S/C44H40BNO2S/c1-24-21-34-37-35(22-24)47-41-33(19-18-31-30-17-11-25-9-8-10-29(25)39(30)48-40(31)41)45(37)42-38(32-23-27(44(5,6)7)14-20-36(32)49-42)46(34)28-15-12-26(13-16-28)43(2,3)4/h11-23H,8-10H2,1-7H3. The first kappa shape index (κ1) is 29.4. The smallest absolute Gasteiger partial charge is 0.269 e. The number of anilines is 3. The van der Waals surface area contributed by atoms with Crippen LogP contribution in [-0.2, 0) is 23.7 Å². The number of furan rings is 1. The molecule has 0 saturated carbocycles. The highest BCUT2D eigenvalue weighted by atomic mass is 32.1. The van der Waals surface area contributed by atoms with Gasteiger partial charge < -0.3 is 14.1 Å². The lowest BCUT2D eigenvalue weighted by Gasteiger charge is -2.39. The van der Waals surface area contributed by atoms with E-state index in [0.717, 1.165) is 40.9 Å². The molecule has 3 nitrogen and oxygen atoms in total. The van der Waals surface area contributed by atoms with Crippen LogP contribution in [0.3, 0.4) is 0 Å². The van der Waals surface area contributed by atoms with Crippen molar-refractivity contribution in [1.29, 1.82) is 0 Å². The second-order valence-corrected chi connectivity index (χ2v) is 17.6. The van der Waals surface area contributed by atoms with E-state index in [-0.39, 0.29) is 17.5 Å². The number of rotatable bonds is 1. The second-order valence-electron chi connectivity index (χ2n) is 16.5. The molecular formula is C44H40BNO2S. The van der Waals surface area contributed by atoms with Crippen molar-refractivity contribution in [2.75, 3.05) is 4.90 Å². The molecule has 0 N–H and O–H groups in total. The zero-order valence-corrected chi connectivity index (χ0v) is 30.2. The van der Waals surface area contributed by atoms with Crippen molar-refractivity contribution < 1.29 is 9.15 Å². The molecular weight excluding hydrogens is 617 g/mol. The summed E-state index contributed by atoms with van der Waals surface area (Å²) in [6.45, 7) is 16.0. The van der Waals surface area contributed by atoms with Crippen molar-refractivity contribution in [3.63, 3.8) is 0 Å². The minimum Gasteiger partial charge on any atom is -0.454 e. The first-order valence-corrected chi connectivity index (χ1v) is 18.6. The summed E-state index contributed by atoms with van der Waals surface area (Å²) in [6, 6.07) is 30.1. The Balaban J connectivity index is 1.27. The number of fused-ring (bicyclic) bond motifs is 12. The Hall–Kier alpha value is -4.48. The Kier molecular flexibility index (Phi) is 5.90.